The average Bonchev–Trinajstić information content (AvgIpc) is 3.42. The molecule has 150 valence electrons. The Balaban J connectivity index is 1.52. The van der Waals surface area contributed by atoms with Crippen molar-refractivity contribution in [3.8, 4) is 11.3 Å². The number of aromatic amines is 1. The Bertz CT molecular complexity index is 1000. The number of hydrogen-bond donors (Lipinski definition) is 2. The number of rotatable bonds is 7. The molecule has 1 amide bonds. The molecule has 4 rings (SSSR count). The number of nitrogens with one attached hydrogen (secondary N) is 2. The molecule has 0 spiro atoms. The van der Waals surface area contributed by atoms with Gasteiger partial charge in [-0.25, -0.2) is 0 Å². The molecule has 0 radical (unpaired) electrons. The SMILES string of the molecule is CN(C(=O)c1ccc(-c2cc3cc[nH]c3cn2)cc1)C1(NCCC=O)CCCC1. The van der Waals surface area contributed by atoms with Gasteiger partial charge in [0.15, 0.2) is 0 Å². The molecule has 0 unspecified atom stereocenters. The summed E-state index contributed by atoms with van der Waals surface area (Å²) in [5.41, 5.74) is 3.16. The number of benzene rings is 1. The fourth-order valence-corrected chi connectivity index (χ4v) is 4.23. The van der Waals surface area contributed by atoms with Crippen LogP contribution >= 0.6 is 0 Å². The maximum Gasteiger partial charge on any atom is 0.255 e. The number of fused-ring (bicyclic) bond motifs is 1. The molecule has 0 saturated heterocycles. The highest BCUT2D eigenvalue weighted by Gasteiger charge is 2.39. The van der Waals surface area contributed by atoms with Crippen molar-refractivity contribution in [3.05, 3.63) is 54.4 Å². The van der Waals surface area contributed by atoms with Crippen molar-refractivity contribution in [1.29, 1.82) is 0 Å². The number of aldehydes is 1. The van der Waals surface area contributed by atoms with Crippen LogP contribution in [0.4, 0.5) is 0 Å². The zero-order chi connectivity index (χ0) is 20.3. The van der Waals surface area contributed by atoms with Crippen molar-refractivity contribution < 1.29 is 9.59 Å². The van der Waals surface area contributed by atoms with Gasteiger partial charge >= 0.3 is 0 Å². The highest BCUT2D eigenvalue weighted by Crippen LogP contribution is 2.33. The predicted octanol–water partition coefficient (Wildman–Crippen LogP) is 3.75. The van der Waals surface area contributed by atoms with E-state index in [9.17, 15) is 9.59 Å². The van der Waals surface area contributed by atoms with Crippen LogP contribution in [0.5, 0.6) is 0 Å². The van der Waals surface area contributed by atoms with Gasteiger partial charge in [-0.05, 0) is 49.9 Å². The van der Waals surface area contributed by atoms with E-state index in [-0.39, 0.29) is 11.6 Å². The number of H-pyrrole nitrogens is 1. The van der Waals surface area contributed by atoms with Crippen molar-refractivity contribution in [2.24, 2.45) is 0 Å². The second-order valence-electron chi connectivity index (χ2n) is 7.70. The van der Waals surface area contributed by atoms with Crippen LogP contribution in [0.1, 0.15) is 42.5 Å². The summed E-state index contributed by atoms with van der Waals surface area (Å²) in [7, 11) is 1.86. The first-order valence-electron chi connectivity index (χ1n) is 10.1. The number of amides is 1. The number of carbonyl (C=O) groups is 2. The van der Waals surface area contributed by atoms with Gasteiger partial charge < -0.3 is 14.7 Å². The van der Waals surface area contributed by atoms with Crippen LogP contribution in [0.15, 0.2) is 48.8 Å². The highest BCUT2D eigenvalue weighted by molar-refractivity contribution is 5.95. The van der Waals surface area contributed by atoms with Gasteiger partial charge in [-0.3, -0.25) is 15.1 Å². The standard InChI is InChI=1S/C23H26N4O2/c1-27(23(10-2-3-11-23)26-12-4-14-28)22(29)18-7-5-17(6-8-18)20-15-19-9-13-24-21(19)16-25-20/h5-9,13-16,24,26H,2-4,10-12H2,1H3. The minimum absolute atomic E-state index is 0.00824. The van der Waals surface area contributed by atoms with Crippen LogP contribution in [0.25, 0.3) is 22.2 Å². The van der Waals surface area contributed by atoms with E-state index in [4.69, 9.17) is 0 Å². The van der Waals surface area contributed by atoms with E-state index < -0.39 is 0 Å². The number of carbonyl (C=O) groups excluding carboxylic acids is 2. The molecule has 0 aliphatic heterocycles. The minimum atomic E-state index is -0.361. The van der Waals surface area contributed by atoms with Gasteiger partial charge in [0.2, 0.25) is 0 Å². The fourth-order valence-electron chi connectivity index (χ4n) is 4.23. The molecule has 6 nitrogen and oxygen atoms in total. The third kappa shape index (κ3) is 3.80. The summed E-state index contributed by atoms with van der Waals surface area (Å²) in [4.78, 5) is 33.3. The van der Waals surface area contributed by atoms with E-state index in [1.54, 1.807) is 0 Å². The largest absolute Gasteiger partial charge is 0.360 e. The monoisotopic (exact) mass is 390 g/mol. The Morgan fingerprint density at radius 1 is 1.24 bits per heavy atom. The molecule has 2 heterocycles. The number of pyridine rings is 1. The zero-order valence-corrected chi connectivity index (χ0v) is 16.6. The van der Waals surface area contributed by atoms with Gasteiger partial charge in [0.05, 0.1) is 23.1 Å². The van der Waals surface area contributed by atoms with Gasteiger partial charge in [0, 0.05) is 42.7 Å². The molecule has 0 atom stereocenters. The maximum absolute atomic E-state index is 13.2. The number of nitrogens with zero attached hydrogens (tertiary/aromatic N) is 2. The number of hydrogen-bond acceptors (Lipinski definition) is 4. The van der Waals surface area contributed by atoms with E-state index >= 15 is 0 Å². The first-order valence-corrected chi connectivity index (χ1v) is 10.1. The van der Waals surface area contributed by atoms with Gasteiger partial charge in [0.25, 0.3) is 5.91 Å². The van der Waals surface area contributed by atoms with E-state index in [0.29, 0.717) is 18.5 Å². The molecule has 2 aromatic heterocycles. The van der Waals surface area contributed by atoms with Crippen LogP contribution < -0.4 is 5.32 Å². The lowest BCUT2D eigenvalue weighted by Crippen LogP contribution is -2.57. The Kier molecular flexibility index (Phi) is 5.45. The van der Waals surface area contributed by atoms with Crippen LogP contribution in [-0.2, 0) is 4.79 Å². The lowest BCUT2D eigenvalue weighted by atomic mass is 10.0. The Morgan fingerprint density at radius 3 is 2.72 bits per heavy atom. The summed E-state index contributed by atoms with van der Waals surface area (Å²) in [5.74, 6) is -0.00824. The topological polar surface area (TPSA) is 78.1 Å². The average molecular weight is 390 g/mol. The smallest absolute Gasteiger partial charge is 0.255 e. The van der Waals surface area contributed by atoms with Crippen LogP contribution in [0, 0.1) is 0 Å². The third-order valence-corrected chi connectivity index (χ3v) is 5.96. The molecule has 0 bridgehead atoms. The van der Waals surface area contributed by atoms with Gasteiger partial charge in [-0.15, -0.1) is 0 Å². The normalized spacial score (nSPS) is 15.5. The summed E-state index contributed by atoms with van der Waals surface area (Å²) in [5, 5.41) is 4.57. The van der Waals surface area contributed by atoms with Crippen molar-refractivity contribution in [3.63, 3.8) is 0 Å². The van der Waals surface area contributed by atoms with Gasteiger partial charge in [-0.1, -0.05) is 12.1 Å². The molecule has 6 heteroatoms. The van der Waals surface area contributed by atoms with E-state index in [1.165, 1.54) is 0 Å². The summed E-state index contributed by atoms with van der Waals surface area (Å²) in [6.45, 7) is 0.591. The van der Waals surface area contributed by atoms with Crippen molar-refractivity contribution in [2.45, 2.75) is 37.8 Å². The second-order valence-corrected chi connectivity index (χ2v) is 7.70. The molecule has 1 aromatic carbocycles. The Hall–Kier alpha value is -2.99. The Labute approximate surface area is 170 Å². The van der Waals surface area contributed by atoms with E-state index in [0.717, 1.165) is 54.1 Å². The summed E-state index contributed by atoms with van der Waals surface area (Å²) >= 11 is 0. The molecule has 29 heavy (non-hydrogen) atoms. The van der Waals surface area contributed by atoms with Gasteiger partial charge in [-0.2, -0.15) is 0 Å². The molecule has 1 fully saturated rings. The summed E-state index contributed by atoms with van der Waals surface area (Å²) in [6, 6.07) is 11.7. The quantitative estimate of drug-likeness (QED) is 0.366. The second kappa shape index (κ2) is 8.17. The zero-order valence-electron chi connectivity index (χ0n) is 16.6. The first kappa shape index (κ1) is 19.3. The number of aromatic nitrogens is 2. The molecule has 1 aliphatic carbocycles. The molecule has 1 aliphatic rings. The molecule has 3 aromatic rings. The molecule has 1 saturated carbocycles. The first-order chi connectivity index (χ1) is 14.1. The molecular formula is C23H26N4O2. The van der Waals surface area contributed by atoms with Gasteiger partial charge in [0.1, 0.15) is 6.29 Å². The van der Waals surface area contributed by atoms with Crippen LogP contribution in [0.3, 0.4) is 0 Å². The van der Waals surface area contributed by atoms with Crippen molar-refractivity contribution in [1.82, 2.24) is 20.2 Å². The van der Waals surface area contributed by atoms with Crippen LogP contribution in [0.2, 0.25) is 0 Å². The van der Waals surface area contributed by atoms with E-state index in [1.807, 2.05) is 60.7 Å². The maximum atomic E-state index is 13.2. The Morgan fingerprint density at radius 2 is 2.00 bits per heavy atom. The fraction of sp³-hybridized carbons (Fsp3) is 0.348. The van der Waals surface area contributed by atoms with Crippen molar-refractivity contribution >= 4 is 23.1 Å². The van der Waals surface area contributed by atoms with Crippen LogP contribution in [-0.4, -0.2) is 46.3 Å². The lowest BCUT2D eigenvalue weighted by Gasteiger charge is -2.40. The van der Waals surface area contributed by atoms with Crippen molar-refractivity contribution in [2.75, 3.05) is 13.6 Å². The van der Waals surface area contributed by atoms with E-state index in [2.05, 4.69) is 15.3 Å². The lowest BCUT2D eigenvalue weighted by molar-refractivity contribution is -0.107. The predicted molar refractivity (Wildman–Crippen MR) is 114 cm³/mol. The summed E-state index contributed by atoms with van der Waals surface area (Å²) in [6.07, 6.45) is 9.07. The minimum Gasteiger partial charge on any atom is -0.360 e. The summed E-state index contributed by atoms with van der Waals surface area (Å²) < 4.78 is 0. The molecule has 2 N–H and O–H groups in total. The molecular weight excluding hydrogens is 364 g/mol. The third-order valence-electron chi connectivity index (χ3n) is 5.96. The highest BCUT2D eigenvalue weighted by atomic mass is 16.2.